The van der Waals surface area contributed by atoms with Crippen molar-refractivity contribution in [2.75, 3.05) is 13.1 Å². The second kappa shape index (κ2) is 8.20. The third-order valence-corrected chi connectivity index (χ3v) is 6.25. The summed E-state index contributed by atoms with van der Waals surface area (Å²) in [6, 6.07) is 12.1. The number of aryl methyl sites for hydroxylation is 1. The maximum absolute atomic E-state index is 13.0. The quantitative estimate of drug-likeness (QED) is 0.697. The van der Waals surface area contributed by atoms with Gasteiger partial charge >= 0.3 is 0 Å². The monoisotopic (exact) mass is 418 g/mol. The van der Waals surface area contributed by atoms with Gasteiger partial charge in [-0.2, -0.15) is 0 Å². The topological polar surface area (TPSA) is 87.4 Å². The predicted octanol–water partition coefficient (Wildman–Crippen LogP) is 1.95. The van der Waals surface area contributed by atoms with Crippen LogP contribution in [-0.2, 0) is 19.6 Å². The van der Waals surface area contributed by atoms with Crippen LogP contribution in [0.2, 0.25) is 0 Å². The van der Waals surface area contributed by atoms with E-state index in [1.54, 1.807) is 12.4 Å². The third kappa shape index (κ3) is 3.84. The maximum Gasteiger partial charge on any atom is 0.256 e. The van der Waals surface area contributed by atoms with Crippen LogP contribution in [0.3, 0.4) is 0 Å². The summed E-state index contributed by atoms with van der Waals surface area (Å²) >= 11 is 0. The summed E-state index contributed by atoms with van der Waals surface area (Å²) in [6.45, 7) is 4.97. The number of fused-ring (bicyclic) bond motifs is 1. The molecule has 0 saturated carbocycles. The summed E-state index contributed by atoms with van der Waals surface area (Å²) in [5.74, 6) is 1.65. The minimum absolute atomic E-state index is 0.0132. The number of hydrogen-bond donors (Lipinski definition) is 1. The van der Waals surface area contributed by atoms with Crippen LogP contribution in [0.1, 0.15) is 45.6 Å². The van der Waals surface area contributed by atoms with E-state index >= 15 is 0 Å². The van der Waals surface area contributed by atoms with Crippen molar-refractivity contribution >= 4 is 5.91 Å². The molecule has 1 N–H and O–H groups in total. The number of β-amino-alcohol motifs (C(OH)–C–C–N with tert-alkyl or cyclic N) is 1. The molecule has 0 aliphatic carbocycles. The number of rotatable bonds is 4. The molecule has 0 spiro atoms. The number of aliphatic hydroxyl groups excluding tert-OH is 1. The summed E-state index contributed by atoms with van der Waals surface area (Å²) in [7, 11) is 0. The normalized spacial score (nSPS) is 21.3. The van der Waals surface area contributed by atoms with Crippen molar-refractivity contribution in [3.05, 3.63) is 77.1 Å². The van der Waals surface area contributed by atoms with Crippen molar-refractivity contribution in [2.45, 2.75) is 45.1 Å². The number of nitrogens with zero attached hydrogens (tertiary/aromatic N) is 6. The van der Waals surface area contributed by atoms with Crippen LogP contribution in [0.25, 0.3) is 0 Å². The smallest absolute Gasteiger partial charge is 0.256 e. The highest BCUT2D eigenvalue weighted by Crippen LogP contribution is 2.33. The Balaban J connectivity index is 1.35. The lowest BCUT2D eigenvalue weighted by molar-refractivity contribution is 0.0703. The van der Waals surface area contributed by atoms with Gasteiger partial charge in [0.15, 0.2) is 11.6 Å². The fraction of sp³-hybridized carbons (Fsp3) is 0.391. The first-order valence-corrected chi connectivity index (χ1v) is 10.7. The highest BCUT2D eigenvalue weighted by Gasteiger charge is 2.37. The molecule has 2 aliphatic heterocycles. The minimum atomic E-state index is -0.378. The summed E-state index contributed by atoms with van der Waals surface area (Å²) in [5, 5.41) is 19.3. The molecule has 0 unspecified atom stereocenters. The molecule has 0 radical (unpaired) electrons. The molecule has 1 fully saturated rings. The van der Waals surface area contributed by atoms with Crippen LogP contribution in [-0.4, -0.2) is 59.8 Å². The number of carbonyl (C=O) groups excluding carboxylic acids is 1. The highest BCUT2D eigenvalue weighted by atomic mass is 16.3. The van der Waals surface area contributed by atoms with Crippen molar-refractivity contribution in [1.29, 1.82) is 0 Å². The average Bonchev–Trinajstić information content (AvgIpc) is 3.36. The number of pyridine rings is 1. The van der Waals surface area contributed by atoms with E-state index in [-0.39, 0.29) is 18.1 Å². The van der Waals surface area contributed by atoms with Gasteiger partial charge in [-0.3, -0.25) is 14.7 Å². The van der Waals surface area contributed by atoms with Gasteiger partial charge in [0, 0.05) is 38.6 Å². The van der Waals surface area contributed by atoms with Crippen molar-refractivity contribution < 1.29 is 9.90 Å². The molecule has 1 amide bonds. The lowest BCUT2D eigenvalue weighted by Gasteiger charge is -2.30. The molecule has 4 heterocycles. The molecule has 160 valence electrons. The fourth-order valence-corrected chi connectivity index (χ4v) is 4.60. The van der Waals surface area contributed by atoms with Gasteiger partial charge in [0.1, 0.15) is 0 Å². The Morgan fingerprint density at radius 1 is 1.16 bits per heavy atom. The van der Waals surface area contributed by atoms with Crippen molar-refractivity contribution in [3.63, 3.8) is 0 Å². The zero-order chi connectivity index (χ0) is 21.4. The predicted molar refractivity (Wildman–Crippen MR) is 114 cm³/mol. The molecule has 3 aromatic rings. The Kier molecular flexibility index (Phi) is 5.25. The van der Waals surface area contributed by atoms with Crippen LogP contribution < -0.4 is 0 Å². The van der Waals surface area contributed by atoms with Crippen LogP contribution in [0.5, 0.6) is 0 Å². The zero-order valence-corrected chi connectivity index (χ0v) is 17.6. The van der Waals surface area contributed by atoms with Gasteiger partial charge in [0.05, 0.1) is 24.3 Å². The zero-order valence-electron chi connectivity index (χ0n) is 17.6. The number of likely N-dealkylation sites (tertiary alicyclic amines) is 1. The van der Waals surface area contributed by atoms with E-state index in [1.807, 2.05) is 36.1 Å². The first kappa shape index (κ1) is 19.8. The van der Waals surface area contributed by atoms with E-state index in [1.165, 1.54) is 5.56 Å². The molecule has 2 aromatic heterocycles. The molecule has 0 bridgehead atoms. The molecule has 5 rings (SSSR count). The van der Waals surface area contributed by atoms with Gasteiger partial charge in [0.2, 0.25) is 0 Å². The fourth-order valence-electron chi connectivity index (χ4n) is 4.60. The largest absolute Gasteiger partial charge is 0.392 e. The number of benzene rings is 1. The van der Waals surface area contributed by atoms with E-state index in [0.29, 0.717) is 38.2 Å². The molecule has 31 heavy (non-hydrogen) atoms. The Bertz CT molecular complexity index is 1080. The summed E-state index contributed by atoms with van der Waals surface area (Å²) in [4.78, 5) is 21.2. The number of amides is 1. The molecule has 2 atom stereocenters. The summed E-state index contributed by atoms with van der Waals surface area (Å²) in [5.41, 5.74) is 2.76. The summed E-state index contributed by atoms with van der Waals surface area (Å²) < 4.78 is 2.13. The Labute approximate surface area is 181 Å². The Morgan fingerprint density at radius 3 is 2.81 bits per heavy atom. The second-order valence-electron chi connectivity index (χ2n) is 8.36. The second-order valence-corrected chi connectivity index (χ2v) is 8.36. The van der Waals surface area contributed by atoms with Crippen molar-refractivity contribution in [1.82, 2.24) is 29.5 Å². The van der Waals surface area contributed by atoms with Crippen molar-refractivity contribution in [3.8, 4) is 0 Å². The number of hydrogen-bond acceptors (Lipinski definition) is 6. The van der Waals surface area contributed by atoms with Crippen LogP contribution in [0, 0.1) is 6.92 Å². The van der Waals surface area contributed by atoms with E-state index < -0.39 is 0 Å². The Morgan fingerprint density at radius 2 is 2.00 bits per heavy atom. The highest BCUT2D eigenvalue weighted by molar-refractivity contribution is 5.95. The number of aliphatic hydroxyl groups is 1. The Hall–Kier alpha value is -3.10. The maximum atomic E-state index is 13.0. The van der Waals surface area contributed by atoms with Crippen LogP contribution >= 0.6 is 0 Å². The van der Waals surface area contributed by atoms with Gasteiger partial charge in [-0.1, -0.05) is 30.3 Å². The van der Waals surface area contributed by atoms with E-state index in [9.17, 15) is 9.90 Å². The molecule has 1 aromatic carbocycles. The van der Waals surface area contributed by atoms with Crippen LogP contribution in [0.15, 0.2) is 48.8 Å². The molecule has 8 nitrogen and oxygen atoms in total. The molecule has 8 heteroatoms. The van der Waals surface area contributed by atoms with E-state index in [4.69, 9.17) is 0 Å². The van der Waals surface area contributed by atoms with Gasteiger partial charge in [-0.05, 0) is 30.5 Å². The third-order valence-electron chi connectivity index (χ3n) is 6.25. The molecule has 1 saturated heterocycles. The van der Waals surface area contributed by atoms with Gasteiger partial charge in [0.25, 0.3) is 5.91 Å². The van der Waals surface area contributed by atoms with Gasteiger partial charge in [-0.15, -0.1) is 10.2 Å². The van der Waals surface area contributed by atoms with Crippen LogP contribution in [0.4, 0.5) is 0 Å². The number of carbonyl (C=O) groups is 1. The molecular formula is C23H26N6O2. The van der Waals surface area contributed by atoms with E-state index in [2.05, 4.69) is 36.8 Å². The minimum Gasteiger partial charge on any atom is -0.392 e. The lowest BCUT2D eigenvalue weighted by Crippen LogP contribution is -2.39. The summed E-state index contributed by atoms with van der Waals surface area (Å²) in [6.07, 6.45) is 3.59. The van der Waals surface area contributed by atoms with Crippen molar-refractivity contribution in [2.24, 2.45) is 0 Å². The average molecular weight is 419 g/mol. The first-order chi connectivity index (χ1) is 15.1. The lowest BCUT2D eigenvalue weighted by atomic mass is 10.1. The van der Waals surface area contributed by atoms with Gasteiger partial charge in [-0.25, -0.2) is 0 Å². The van der Waals surface area contributed by atoms with E-state index in [0.717, 1.165) is 23.8 Å². The van der Waals surface area contributed by atoms with Gasteiger partial charge < -0.3 is 14.6 Å². The SMILES string of the molecule is Cc1ccncc1C(=O)N1CCn2c(nnc2[C@@H]2C[C@@H](O)CN2Cc2ccccc2)C1. The molecular weight excluding hydrogens is 392 g/mol. The number of aromatic nitrogens is 4. The molecule has 2 aliphatic rings. The standard InChI is InChI=1S/C23H26N6O2/c1-16-7-8-24-12-19(16)23(31)27-9-10-29-21(15-27)25-26-22(29)20-11-18(30)14-28(20)13-17-5-3-2-4-6-17/h2-8,12,18,20,30H,9-11,13-15H2,1H3/t18-,20+/m1/s1. The first-order valence-electron chi connectivity index (χ1n) is 10.7.